The van der Waals surface area contributed by atoms with Crippen LogP contribution in [0.2, 0.25) is 0 Å². The highest BCUT2D eigenvalue weighted by Gasteiger charge is 2.07. The van der Waals surface area contributed by atoms with Crippen molar-refractivity contribution in [3.8, 4) is 0 Å². The SMILES string of the molecule is CC(CCCl)SCc1cc(F)ccc1F. The van der Waals surface area contributed by atoms with Crippen molar-refractivity contribution in [2.45, 2.75) is 24.3 Å². The average Bonchev–Trinajstić information content (AvgIpc) is 2.20. The molecule has 15 heavy (non-hydrogen) atoms. The molecule has 1 atom stereocenters. The van der Waals surface area contributed by atoms with Gasteiger partial charge in [-0.05, 0) is 24.6 Å². The Labute approximate surface area is 98.0 Å². The molecule has 1 aromatic rings. The third-order valence-corrected chi connectivity index (χ3v) is 3.55. The van der Waals surface area contributed by atoms with Crippen LogP contribution in [0.4, 0.5) is 8.78 Å². The van der Waals surface area contributed by atoms with Crippen LogP contribution in [0.3, 0.4) is 0 Å². The molecule has 0 fully saturated rings. The fourth-order valence-corrected chi connectivity index (χ4v) is 2.55. The summed E-state index contributed by atoms with van der Waals surface area (Å²) < 4.78 is 26.0. The first kappa shape index (κ1) is 12.8. The Hall–Kier alpha value is -0.280. The van der Waals surface area contributed by atoms with Crippen molar-refractivity contribution < 1.29 is 8.78 Å². The molecular formula is C11H13ClF2S. The molecule has 1 rings (SSSR count). The van der Waals surface area contributed by atoms with Gasteiger partial charge in [-0.3, -0.25) is 0 Å². The van der Waals surface area contributed by atoms with Crippen LogP contribution in [-0.4, -0.2) is 11.1 Å². The van der Waals surface area contributed by atoms with Crippen LogP contribution in [0.5, 0.6) is 0 Å². The fourth-order valence-electron chi connectivity index (χ4n) is 1.12. The van der Waals surface area contributed by atoms with Crippen molar-refractivity contribution in [1.82, 2.24) is 0 Å². The van der Waals surface area contributed by atoms with E-state index < -0.39 is 5.82 Å². The quantitative estimate of drug-likeness (QED) is 0.706. The van der Waals surface area contributed by atoms with Gasteiger partial charge in [-0.15, -0.1) is 11.6 Å². The van der Waals surface area contributed by atoms with Crippen molar-refractivity contribution in [2.24, 2.45) is 0 Å². The van der Waals surface area contributed by atoms with Crippen LogP contribution in [0, 0.1) is 11.6 Å². The van der Waals surface area contributed by atoms with E-state index in [4.69, 9.17) is 11.6 Å². The van der Waals surface area contributed by atoms with E-state index in [2.05, 4.69) is 0 Å². The molecule has 0 radical (unpaired) electrons. The molecule has 1 aromatic carbocycles. The number of halogens is 3. The number of rotatable bonds is 5. The molecule has 0 N–H and O–H groups in total. The van der Waals surface area contributed by atoms with Crippen molar-refractivity contribution in [2.75, 3.05) is 5.88 Å². The second-order valence-corrected chi connectivity index (χ2v) is 5.14. The maximum atomic E-state index is 13.2. The van der Waals surface area contributed by atoms with Gasteiger partial charge in [0.15, 0.2) is 0 Å². The maximum Gasteiger partial charge on any atom is 0.127 e. The lowest BCUT2D eigenvalue weighted by Crippen LogP contribution is -1.99. The first-order chi connectivity index (χ1) is 7.13. The van der Waals surface area contributed by atoms with Crippen molar-refractivity contribution in [1.29, 1.82) is 0 Å². The summed E-state index contributed by atoms with van der Waals surface area (Å²) >= 11 is 7.17. The van der Waals surface area contributed by atoms with Crippen molar-refractivity contribution in [3.05, 3.63) is 35.4 Å². The number of hydrogen-bond acceptors (Lipinski definition) is 1. The molecule has 0 nitrogen and oxygen atoms in total. The van der Waals surface area contributed by atoms with Crippen LogP contribution >= 0.6 is 23.4 Å². The van der Waals surface area contributed by atoms with Crippen molar-refractivity contribution in [3.63, 3.8) is 0 Å². The topological polar surface area (TPSA) is 0 Å². The van der Waals surface area contributed by atoms with Gasteiger partial charge in [-0.25, -0.2) is 8.78 Å². The van der Waals surface area contributed by atoms with Crippen LogP contribution < -0.4 is 0 Å². The van der Waals surface area contributed by atoms with Crippen LogP contribution in [-0.2, 0) is 5.75 Å². The zero-order valence-corrected chi connectivity index (χ0v) is 10.0. The Bertz CT molecular complexity index is 317. The minimum Gasteiger partial charge on any atom is -0.207 e. The van der Waals surface area contributed by atoms with Crippen LogP contribution in [0.25, 0.3) is 0 Å². The molecule has 0 aliphatic rings. The first-order valence-corrected chi connectivity index (χ1v) is 6.33. The van der Waals surface area contributed by atoms with Gasteiger partial charge in [-0.2, -0.15) is 11.8 Å². The summed E-state index contributed by atoms with van der Waals surface area (Å²) in [7, 11) is 0. The minimum absolute atomic E-state index is 0.345. The molecule has 84 valence electrons. The van der Waals surface area contributed by atoms with Gasteiger partial charge in [0, 0.05) is 22.4 Å². The molecule has 0 heterocycles. The summed E-state index contributed by atoms with van der Waals surface area (Å²) in [6, 6.07) is 3.54. The highest BCUT2D eigenvalue weighted by molar-refractivity contribution is 7.99. The summed E-state index contributed by atoms with van der Waals surface area (Å²) in [4.78, 5) is 0. The monoisotopic (exact) mass is 250 g/mol. The molecule has 4 heteroatoms. The second-order valence-electron chi connectivity index (χ2n) is 3.34. The molecule has 0 aromatic heterocycles. The lowest BCUT2D eigenvalue weighted by atomic mass is 10.2. The van der Waals surface area contributed by atoms with E-state index in [1.807, 2.05) is 6.92 Å². The van der Waals surface area contributed by atoms with E-state index in [-0.39, 0.29) is 5.82 Å². The standard InChI is InChI=1S/C11H13ClF2S/c1-8(4-5-12)15-7-9-6-10(13)2-3-11(9)14/h2-3,6,8H,4-5,7H2,1H3. The summed E-state index contributed by atoms with van der Waals surface area (Å²) in [5, 5.41) is 0.366. The predicted molar refractivity (Wildman–Crippen MR) is 62.5 cm³/mol. The lowest BCUT2D eigenvalue weighted by Gasteiger charge is -2.09. The van der Waals surface area contributed by atoms with E-state index in [0.29, 0.717) is 22.4 Å². The molecule has 0 aliphatic carbocycles. The highest BCUT2D eigenvalue weighted by Crippen LogP contribution is 2.22. The normalized spacial score (nSPS) is 12.8. The third-order valence-electron chi connectivity index (χ3n) is 2.05. The van der Waals surface area contributed by atoms with Gasteiger partial charge in [0.05, 0.1) is 0 Å². The number of benzene rings is 1. The van der Waals surface area contributed by atoms with E-state index in [1.165, 1.54) is 6.07 Å². The zero-order valence-electron chi connectivity index (χ0n) is 8.47. The lowest BCUT2D eigenvalue weighted by molar-refractivity contribution is 0.591. The van der Waals surface area contributed by atoms with Crippen LogP contribution in [0.15, 0.2) is 18.2 Å². The Balaban J connectivity index is 2.53. The average molecular weight is 251 g/mol. The number of alkyl halides is 1. The number of hydrogen-bond donors (Lipinski definition) is 0. The predicted octanol–water partition coefficient (Wildman–Crippen LogP) is 4.22. The highest BCUT2D eigenvalue weighted by atomic mass is 35.5. The smallest absolute Gasteiger partial charge is 0.127 e. The minimum atomic E-state index is -0.392. The molecule has 0 bridgehead atoms. The van der Waals surface area contributed by atoms with Gasteiger partial charge >= 0.3 is 0 Å². The van der Waals surface area contributed by atoms with Gasteiger partial charge in [0.1, 0.15) is 11.6 Å². The zero-order chi connectivity index (χ0) is 11.3. The molecule has 0 spiro atoms. The Morgan fingerprint density at radius 2 is 2.13 bits per heavy atom. The summed E-state index contributed by atoms with van der Waals surface area (Å²) in [6.45, 7) is 2.03. The molecule has 0 amide bonds. The van der Waals surface area contributed by atoms with Gasteiger partial charge in [0.25, 0.3) is 0 Å². The summed E-state index contributed by atoms with van der Waals surface area (Å²) in [5.74, 6) is 0.348. The molecular weight excluding hydrogens is 238 g/mol. The molecule has 1 unspecified atom stereocenters. The summed E-state index contributed by atoms with van der Waals surface area (Å²) in [5.41, 5.74) is 0.418. The molecule has 0 saturated carbocycles. The van der Waals surface area contributed by atoms with E-state index in [1.54, 1.807) is 11.8 Å². The van der Waals surface area contributed by atoms with E-state index in [0.717, 1.165) is 18.6 Å². The third kappa shape index (κ3) is 4.39. The maximum absolute atomic E-state index is 13.2. The van der Waals surface area contributed by atoms with E-state index >= 15 is 0 Å². The molecule has 0 aliphatic heterocycles. The van der Waals surface area contributed by atoms with E-state index in [9.17, 15) is 8.78 Å². The fraction of sp³-hybridized carbons (Fsp3) is 0.455. The summed E-state index contributed by atoms with van der Waals surface area (Å²) in [6.07, 6.45) is 0.878. The van der Waals surface area contributed by atoms with Gasteiger partial charge < -0.3 is 0 Å². The largest absolute Gasteiger partial charge is 0.207 e. The van der Waals surface area contributed by atoms with Gasteiger partial charge in [0.2, 0.25) is 0 Å². The second kappa shape index (κ2) is 6.33. The Morgan fingerprint density at radius 1 is 1.40 bits per heavy atom. The van der Waals surface area contributed by atoms with Gasteiger partial charge in [-0.1, -0.05) is 6.92 Å². The first-order valence-electron chi connectivity index (χ1n) is 4.75. The Kier molecular flexibility index (Phi) is 5.40. The Morgan fingerprint density at radius 3 is 2.80 bits per heavy atom. The van der Waals surface area contributed by atoms with Crippen molar-refractivity contribution >= 4 is 23.4 Å². The molecule has 0 saturated heterocycles. The number of thioether (sulfide) groups is 1. The van der Waals surface area contributed by atoms with Crippen LogP contribution in [0.1, 0.15) is 18.9 Å².